The zero-order valence-electron chi connectivity index (χ0n) is 16.0. The van der Waals surface area contributed by atoms with E-state index in [2.05, 4.69) is 5.16 Å². The summed E-state index contributed by atoms with van der Waals surface area (Å²) in [6, 6.07) is 10.4. The maximum Gasteiger partial charge on any atom is 0.360 e. The van der Waals surface area contributed by atoms with E-state index in [9.17, 15) is 4.79 Å². The number of hydrogen-bond donors (Lipinski definition) is 0. The number of rotatable bonds is 8. The molecule has 6 nitrogen and oxygen atoms in total. The number of esters is 1. The van der Waals surface area contributed by atoms with E-state index < -0.39 is 5.97 Å². The highest BCUT2D eigenvalue weighted by Crippen LogP contribution is 2.37. The minimum absolute atomic E-state index is 0.0425. The molecule has 0 aromatic heterocycles. The van der Waals surface area contributed by atoms with Gasteiger partial charge in [0.1, 0.15) is 19.5 Å². The quantitative estimate of drug-likeness (QED) is 0.342. The number of carbonyl (C=O) groups excluding carboxylic acids is 1. The van der Waals surface area contributed by atoms with Crippen LogP contribution in [-0.2, 0) is 21.0 Å². The molecule has 0 heterocycles. The SMILES string of the molecule is CON=C(C(=O)OC)c1ccccc1COc1cc(Cl)c(OC(C)C)c(Cl)c1. The van der Waals surface area contributed by atoms with Crippen molar-refractivity contribution in [2.24, 2.45) is 5.16 Å². The lowest BCUT2D eigenvalue weighted by atomic mass is 10.0. The molecule has 0 saturated heterocycles. The van der Waals surface area contributed by atoms with Gasteiger partial charge in [-0.1, -0.05) is 52.6 Å². The molecule has 0 saturated carbocycles. The number of ether oxygens (including phenoxy) is 3. The molecule has 150 valence electrons. The Morgan fingerprint density at radius 2 is 1.75 bits per heavy atom. The van der Waals surface area contributed by atoms with Crippen molar-refractivity contribution >= 4 is 34.9 Å². The number of carbonyl (C=O) groups is 1. The molecule has 0 unspecified atom stereocenters. The van der Waals surface area contributed by atoms with Crippen LogP contribution >= 0.6 is 23.2 Å². The normalized spacial score (nSPS) is 11.3. The van der Waals surface area contributed by atoms with E-state index in [4.69, 9.17) is 42.3 Å². The monoisotopic (exact) mass is 425 g/mol. The standard InChI is InChI=1S/C20H21Cl2NO5/c1-12(2)28-19-16(21)9-14(10-17(19)22)27-11-13-7-5-6-8-15(13)18(23-26-4)20(24)25-3/h5-10,12H,11H2,1-4H3. The topological polar surface area (TPSA) is 66.4 Å². The Hall–Kier alpha value is -2.44. The minimum Gasteiger partial charge on any atom is -0.489 e. The summed E-state index contributed by atoms with van der Waals surface area (Å²) in [5, 5.41) is 4.47. The molecule has 0 fully saturated rings. The molecule has 2 aromatic rings. The van der Waals surface area contributed by atoms with E-state index >= 15 is 0 Å². The first kappa shape index (κ1) is 21.9. The van der Waals surface area contributed by atoms with Gasteiger partial charge < -0.3 is 19.0 Å². The zero-order chi connectivity index (χ0) is 20.7. The summed E-state index contributed by atoms with van der Waals surface area (Å²) >= 11 is 12.5. The highest BCUT2D eigenvalue weighted by atomic mass is 35.5. The van der Waals surface area contributed by atoms with Crippen LogP contribution in [0.2, 0.25) is 10.0 Å². The van der Waals surface area contributed by atoms with Crippen molar-refractivity contribution in [1.82, 2.24) is 0 Å². The van der Waals surface area contributed by atoms with Crippen molar-refractivity contribution in [1.29, 1.82) is 0 Å². The molecule has 8 heteroatoms. The lowest BCUT2D eigenvalue weighted by molar-refractivity contribution is -0.132. The van der Waals surface area contributed by atoms with Gasteiger partial charge in [-0.2, -0.15) is 0 Å². The number of nitrogens with zero attached hydrogens (tertiary/aromatic N) is 1. The molecule has 0 atom stereocenters. The predicted molar refractivity (Wildman–Crippen MR) is 109 cm³/mol. The molecular formula is C20H21Cl2NO5. The van der Waals surface area contributed by atoms with Gasteiger partial charge in [0.05, 0.1) is 23.3 Å². The van der Waals surface area contributed by atoms with E-state index in [1.807, 2.05) is 26.0 Å². The summed E-state index contributed by atoms with van der Waals surface area (Å²) in [5.74, 6) is 0.256. The first-order valence-electron chi connectivity index (χ1n) is 8.43. The van der Waals surface area contributed by atoms with Crippen LogP contribution in [-0.4, -0.2) is 32.0 Å². The van der Waals surface area contributed by atoms with E-state index in [-0.39, 0.29) is 18.4 Å². The van der Waals surface area contributed by atoms with Crippen molar-refractivity contribution in [3.8, 4) is 11.5 Å². The number of halogens is 2. The summed E-state index contributed by atoms with van der Waals surface area (Å²) < 4.78 is 16.2. The van der Waals surface area contributed by atoms with Crippen molar-refractivity contribution < 1.29 is 23.8 Å². The van der Waals surface area contributed by atoms with Gasteiger partial charge in [0.15, 0.2) is 11.5 Å². The second-order valence-electron chi connectivity index (χ2n) is 5.94. The number of benzene rings is 2. The maximum absolute atomic E-state index is 12.0. The van der Waals surface area contributed by atoms with E-state index in [0.717, 1.165) is 0 Å². The van der Waals surface area contributed by atoms with Gasteiger partial charge in [-0.15, -0.1) is 0 Å². The second kappa shape index (κ2) is 10.2. The third-order valence-electron chi connectivity index (χ3n) is 3.55. The predicted octanol–water partition coefficient (Wildman–Crippen LogP) is 4.88. The third-order valence-corrected chi connectivity index (χ3v) is 4.11. The third kappa shape index (κ3) is 5.53. The molecule has 0 aliphatic heterocycles. The molecule has 28 heavy (non-hydrogen) atoms. The van der Waals surface area contributed by atoms with Gasteiger partial charge in [0.25, 0.3) is 0 Å². The fraction of sp³-hybridized carbons (Fsp3) is 0.300. The molecule has 0 amide bonds. The fourth-order valence-corrected chi connectivity index (χ4v) is 2.95. The van der Waals surface area contributed by atoms with Crippen LogP contribution in [0.1, 0.15) is 25.0 Å². The summed E-state index contributed by atoms with van der Waals surface area (Å²) in [6.45, 7) is 3.91. The van der Waals surface area contributed by atoms with Crippen molar-refractivity contribution in [2.45, 2.75) is 26.6 Å². The second-order valence-corrected chi connectivity index (χ2v) is 6.76. The number of oxime groups is 1. The molecule has 0 radical (unpaired) electrons. The molecular weight excluding hydrogens is 405 g/mol. The fourth-order valence-electron chi connectivity index (χ4n) is 2.39. The lowest BCUT2D eigenvalue weighted by Crippen LogP contribution is -2.19. The van der Waals surface area contributed by atoms with E-state index in [1.165, 1.54) is 14.2 Å². The lowest BCUT2D eigenvalue weighted by Gasteiger charge is -2.15. The van der Waals surface area contributed by atoms with Crippen molar-refractivity contribution in [2.75, 3.05) is 14.2 Å². The molecule has 2 aromatic carbocycles. The van der Waals surface area contributed by atoms with Gasteiger partial charge >= 0.3 is 5.97 Å². The van der Waals surface area contributed by atoms with Crippen LogP contribution in [0.4, 0.5) is 0 Å². The van der Waals surface area contributed by atoms with Crippen LogP contribution in [0.5, 0.6) is 11.5 Å². The Labute approximate surface area is 173 Å². The zero-order valence-corrected chi connectivity index (χ0v) is 17.5. The smallest absolute Gasteiger partial charge is 0.360 e. The first-order chi connectivity index (χ1) is 13.4. The minimum atomic E-state index is -0.615. The molecule has 0 N–H and O–H groups in total. The Morgan fingerprint density at radius 3 is 2.32 bits per heavy atom. The van der Waals surface area contributed by atoms with Gasteiger partial charge in [-0.3, -0.25) is 0 Å². The molecule has 0 aliphatic rings. The van der Waals surface area contributed by atoms with Crippen LogP contribution in [0.25, 0.3) is 0 Å². The van der Waals surface area contributed by atoms with Crippen molar-refractivity contribution in [3.63, 3.8) is 0 Å². The average molecular weight is 426 g/mol. The van der Waals surface area contributed by atoms with Crippen LogP contribution in [0, 0.1) is 0 Å². The number of hydrogen-bond acceptors (Lipinski definition) is 6. The average Bonchev–Trinajstić information content (AvgIpc) is 2.67. The summed E-state index contributed by atoms with van der Waals surface area (Å²) in [4.78, 5) is 16.8. The molecule has 2 rings (SSSR count). The molecule has 0 aliphatic carbocycles. The van der Waals surface area contributed by atoms with Gasteiger partial charge in [0.2, 0.25) is 0 Å². The van der Waals surface area contributed by atoms with Crippen LogP contribution in [0.3, 0.4) is 0 Å². The summed E-state index contributed by atoms with van der Waals surface area (Å²) in [5.41, 5.74) is 1.28. The Bertz CT molecular complexity index is 844. The van der Waals surface area contributed by atoms with E-state index in [1.54, 1.807) is 24.3 Å². The summed E-state index contributed by atoms with van der Waals surface area (Å²) in [6.07, 6.45) is -0.0644. The van der Waals surface area contributed by atoms with Crippen LogP contribution in [0.15, 0.2) is 41.6 Å². The van der Waals surface area contributed by atoms with Crippen LogP contribution < -0.4 is 9.47 Å². The Morgan fingerprint density at radius 1 is 1.11 bits per heavy atom. The largest absolute Gasteiger partial charge is 0.489 e. The highest BCUT2D eigenvalue weighted by molar-refractivity contribution is 6.43. The number of methoxy groups -OCH3 is 1. The first-order valence-corrected chi connectivity index (χ1v) is 9.19. The van der Waals surface area contributed by atoms with Gasteiger partial charge in [0, 0.05) is 17.7 Å². The van der Waals surface area contributed by atoms with E-state index in [0.29, 0.717) is 32.7 Å². The van der Waals surface area contributed by atoms with Crippen molar-refractivity contribution in [3.05, 3.63) is 57.6 Å². The Kier molecular flexibility index (Phi) is 7.96. The highest BCUT2D eigenvalue weighted by Gasteiger charge is 2.19. The van der Waals surface area contributed by atoms with Gasteiger partial charge in [-0.25, -0.2) is 4.79 Å². The van der Waals surface area contributed by atoms with Gasteiger partial charge in [-0.05, 0) is 19.4 Å². The summed E-state index contributed by atoms with van der Waals surface area (Å²) in [7, 11) is 2.63. The molecule has 0 bridgehead atoms. The Balaban J connectivity index is 2.26. The molecule has 0 spiro atoms. The maximum atomic E-state index is 12.0.